The van der Waals surface area contributed by atoms with E-state index in [0.717, 1.165) is 5.69 Å². The van der Waals surface area contributed by atoms with E-state index in [1.165, 1.54) is 32.7 Å². The molecule has 2 N–H and O–H groups in total. The van der Waals surface area contributed by atoms with E-state index < -0.39 is 0 Å². The Morgan fingerprint density at radius 2 is 1.18 bits per heavy atom. The van der Waals surface area contributed by atoms with Gasteiger partial charge in [-0.3, -0.25) is 0 Å². The van der Waals surface area contributed by atoms with Crippen molar-refractivity contribution in [3.63, 3.8) is 0 Å². The minimum absolute atomic E-state index is 0.820. The SMILES string of the molecule is Cc1cc2cc3ccc(N)cc3cc2cc1C. The fraction of sp³-hybridized carbons (Fsp3) is 0.125. The lowest BCUT2D eigenvalue weighted by Gasteiger charge is -2.06. The average molecular weight is 221 g/mol. The van der Waals surface area contributed by atoms with Crippen LogP contribution in [0.4, 0.5) is 5.69 Å². The molecule has 0 aromatic heterocycles. The van der Waals surface area contributed by atoms with E-state index in [4.69, 9.17) is 5.73 Å². The highest BCUT2D eigenvalue weighted by Gasteiger charge is 2.01. The zero-order valence-electron chi connectivity index (χ0n) is 10.1. The van der Waals surface area contributed by atoms with Crippen LogP contribution in [-0.2, 0) is 0 Å². The molecule has 0 saturated heterocycles. The minimum Gasteiger partial charge on any atom is -0.399 e. The standard InChI is InChI=1S/C16H15N/c1-10-5-13-7-12-3-4-16(17)9-15(12)8-14(13)6-11(10)2/h3-9H,17H2,1-2H3. The van der Waals surface area contributed by atoms with Crippen LogP contribution < -0.4 is 5.73 Å². The number of hydrogen-bond donors (Lipinski definition) is 1. The molecule has 1 nitrogen and oxygen atoms in total. The second kappa shape index (κ2) is 3.49. The molecule has 3 aromatic carbocycles. The normalized spacial score (nSPS) is 11.2. The Morgan fingerprint density at radius 1 is 0.647 bits per heavy atom. The molecule has 3 rings (SSSR count). The van der Waals surface area contributed by atoms with Crippen LogP contribution in [0.2, 0.25) is 0 Å². The number of anilines is 1. The van der Waals surface area contributed by atoms with E-state index in [-0.39, 0.29) is 0 Å². The summed E-state index contributed by atoms with van der Waals surface area (Å²) in [6.45, 7) is 4.31. The number of rotatable bonds is 0. The molecular formula is C16H15N. The summed E-state index contributed by atoms with van der Waals surface area (Å²) in [5, 5.41) is 5.03. The first-order chi connectivity index (χ1) is 8.13. The van der Waals surface area contributed by atoms with Crippen molar-refractivity contribution >= 4 is 27.2 Å². The molecule has 0 radical (unpaired) electrons. The maximum Gasteiger partial charge on any atom is 0.0320 e. The second-order valence-electron chi connectivity index (χ2n) is 4.74. The van der Waals surface area contributed by atoms with Gasteiger partial charge in [0, 0.05) is 5.69 Å². The van der Waals surface area contributed by atoms with Crippen molar-refractivity contribution in [3.8, 4) is 0 Å². The Bertz CT molecular complexity index is 726. The fourth-order valence-corrected chi connectivity index (χ4v) is 2.30. The van der Waals surface area contributed by atoms with Gasteiger partial charge in [-0.1, -0.05) is 18.2 Å². The molecule has 0 amide bonds. The highest BCUT2D eigenvalue weighted by Crippen LogP contribution is 2.26. The van der Waals surface area contributed by atoms with Gasteiger partial charge in [0.25, 0.3) is 0 Å². The maximum absolute atomic E-state index is 5.82. The number of fused-ring (bicyclic) bond motifs is 2. The van der Waals surface area contributed by atoms with Crippen LogP contribution in [0.3, 0.4) is 0 Å². The summed E-state index contributed by atoms with van der Waals surface area (Å²) in [6.07, 6.45) is 0. The van der Waals surface area contributed by atoms with Crippen LogP contribution >= 0.6 is 0 Å². The van der Waals surface area contributed by atoms with Gasteiger partial charge in [0.2, 0.25) is 0 Å². The molecule has 0 spiro atoms. The molecule has 3 aromatic rings. The Hall–Kier alpha value is -2.02. The average Bonchev–Trinajstić information content (AvgIpc) is 2.28. The van der Waals surface area contributed by atoms with Gasteiger partial charge >= 0.3 is 0 Å². The van der Waals surface area contributed by atoms with Gasteiger partial charge in [0.1, 0.15) is 0 Å². The summed E-state index contributed by atoms with van der Waals surface area (Å²) in [6, 6.07) is 15.0. The van der Waals surface area contributed by atoms with Gasteiger partial charge in [-0.25, -0.2) is 0 Å². The number of nitrogens with two attached hydrogens (primary N) is 1. The Balaban J connectivity index is 2.43. The molecule has 0 aliphatic carbocycles. The molecule has 1 heteroatoms. The van der Waals surface area contributed by atoms with Crippen molar-refractivity contribution < 1.29 is 0 Å². The van der Waals surface area contributed by atoms with Crippen LogP contribution in [0.1, 0.15) is 11.1 Å². The van der Waals surface area contributed by atoms with Crippen LogP contribution in [0, 0.1) is 13.8 Å². The number of hydrogen-bond acceptors (Lipinski definition) is 1. The van der Waals surface area contributed by atoms with Crippen molar-refractivity contribution in [3.05, 3.63) is 53.6 Å². The van der Waals surface area contributed by atoms with Crippen molar-refractivity contribution in [2.75, 3.05) is 5.73 Å². The predicted octanol–water partition coefficient (Wildman–Crippen LogP) is 4.19. The number of benzene rings is 3. The summed E-state index contributed by atoms with van der Waals surface area (Å²) in [7, 11) is 0. The van der Waals surface area contributed by atoms with E-state index in [2.05, 4.69) is 44.2 Å². The summed E-state index contributed by atoms with van der Waals surface area (Å²) < 4.78 is 0. The summed E-state index contributed by atoms with van der Waals surface area (Å²) in [4.78, 5) is 0. The first-order valence-electron chi connectivity index (χ1n) is 5.84. The van der Waals surface area contributed by atoms with Crippen molar-refractivity contribution in [1.29, 1.82) is 0 Å². The summed E-state index contributed by atoms with van der Waals surface area (Å²) in [5.74, 6) is 0. The monoisotopic (exact) mass is 221 g/mol. The van der Waals surface area contributed by atoms with Crippen LogP contribution in [-0.4, -0.2) is 0 Å². The number of nitrogen functional groups attached to an aromatic ring is 1. The van der Waals surface area contributed by atoms with Gasteiger partial charge in [0.05, 0.1) is 0 Å². The van der Waals surface area contributed by atoms with E-state index in [9.17, 15) is 0 Å². The number of aryl methyl sites for hydroxylation is 2. The van der Waals surface area contributed by atoms with Gasteiger partial charge in [0.15, 0.2) is 0 Å². The molecule has 0 aliphatic heterocycles. The Kier molecular flexibility index (Phi) is 2.08. The summed E-state index contributed by atoms with van der Waals surface area (Å²) in [5.41, 5.74) is 9.32. The van der Waals surface area contributed by atoms with Gasteiger partial charge < -0.3 is 5.73 Å². The van der Waals surface area contributed by atoms with Crippen molar-refractivity contribution in [2.24, 2.45) is 0 Å². The van der Waals surface area contributed by atoms with Crippen LogP contribution in [0.5, 0.6) is 0 Å². The lowest BCUT2D eigenvalue weighted by atomic mass is 9.99. The molecule has 17 heavy (non-hydrogen) atoms. The highest BCUT2D eigenvalue weighted by molar-refractivity contribution is 5.99. The van der Waals surface area contributed by atoms with E-state index in [1.54, 1.807) is 0 Å². The third-order valence-electron chi connectivity index (χ3n) is 3.43. The van der Waals surface area contributed by atoms with Gasteiger partial charge in [-0.15, -0.1) is 0 Å². The van der Waals surface area contributed by atoms with Crippen LogP contribution in [0.15, 0.2) is 42.5 Å². The Morgan fingerprint density at radius 3 is 1.82 bits per heavy atom. The zero-order chi connectivity index (χ0) is 12.0. The molecule has 0 fully saturated rings. The minimum atomic E-state index is 0.820. The van der Waals surface area contributed by atoms with Crippen molar-refractivity contribution in [2.45, 2.75) is 13.8 Å². The molecule has 0 unspecified atom stereocenters. The largest absolute Gasteiger partial charge is 0.399 e. The third-order valence-corrected chi connectivity index (χ3v) is 3.43. The predicted molar refractivity (Wildman–Crippen MR) is 75.3 cm³/mol. The first kappa shape index (κ1) is 10.2. The summed E-state index contributed by atoms with van der Waals surface area (Å²) >= 11 is 0. The quantitative estimate of drug-likeness (QED) is 0.447. The highest BCUT2D eigenvalue weighted by atomic mass is 14.5. The molecule has 0 heterocycles. The smallest absolute Gasteiger partial charge is 0.0320 e. The van der Waals surface area contributed by atoms with Gasteiger partial charge in [-0.2, -0.15) is 0 Å². The Labute approximate surface area is 101 Å². The topological polar surface area (TPSA) is 26.0 Å². The molecule has 84 valence electrons. The van der Waals surface area contributed by atoms with Gasteiger partial charge in [-0.05, 0) is 70.8 Å². The lowest BCUT2D eigenvalue weighted by molar-refractivity contribution is 1.37. The van der Waals surface area contributed by atoms with E-state index >= 15 is 0 Å². The fourth-order valence-electron chi connectivity index (χ4n) is 2.30. The molecule has 0 saturated carbocycles. The molecular weight excluding hydrogens is 206 g/mol. The maximum atomic E-state index is 5.82. The molecule has 0 atom stereocenters. The van der Waals surface area contributed by atoms with Crippen LogP contribution in [0.25, 0.3) is 21.5 Å². The molecule has 0 bridgehead atoms. The van der Waals surface area contributed by atoms with Crippen molar-refractivity contribution in [1.82, 2.24) is 0 Å². The second-order valence-corrected chi connectivity index (χ2v) is 4.74. The zero-order valence-corrected chi connectivity index (χ0v) is 10.1. The van der Waals surface area contributed by atoms with E-state index in [1.807, 2.05) is 12.1 Å². The third kappa shape index (κ3) is 1.64. The first-order valence-corrected chi connectivity index (χ1v) is 5.84. The van der Waals surface area contributed by atoms with E-state index in [0.29, 0.717) is 0 Å². The molecule has 0 aliphatic rings. The lowest BCUT2D eigenvalue weighted by Crippen LogP contribution is -1.85.